The van der Waals surface area contributed by atoms with Crippen molar-refractivity contribution < 1.29 is 0 Å². The molecule has 1 atom stereocenters. The van der Waals surface area contributed by atoms with E-state index >= 15 is 0 Å². The Kier molecular flexibility index (Phi) is 5.17. The maximum absolute atomic E-state index is 2.53. The molecule has 0 saturated heterocycles. The zero-order valence-corrected chi connectivity index (χ0v) is 14.8. The third-order valence-corrected chi connectivity index (χ3v) is 4.43. The molecule has 0 aliphatic heterocycles. The molecule has 2 nitrogen and oxygen atoms in total. The van der Waals surface area contributed by atoms with Gasteiger partial charge in [0, 0.05) is 30.2 Å². The van der Waals surface area contributed by atoms with E-state index in [0.717, 1.165) is 13.1 Å². The van der Waals surface area contributed by atoms with E-state index in [1.807, 2.05) is 0 Å². The lowest BCUT2D eigenvalue weighted by Crippen LogP contribution is -2.39. The summed E-state index contributed by atoms with van der Waals surface area (Å²) in [5.74, 6) is 0. The third-order valence-electron chi connectivity index (χ3n) is 4.43. The highest BCUT2D eigenvalue weighted by atomic mass is 15.2. The molecule has 0 saturated carbocycles. The van der Waals surface area contributed by atoms with Crippen molar-refractivity contribution >= 4 is 16.5 Å². The number of hydrogen-bond acceptors (Lipinski definition) is 2. The van der Waals surface area contributed by atoms with Crippen molar-refractivity contribution in [3.8, 4) is 0 Å². The Hall–Kier alpha value is -2.32. The average molecular weight is 318 g/mol. The molecule has 1 unspecified atom stereocenters. The number of benzene rings is 3. The number of anilines is 1. The van der Waals surface area contributed by atoms with E-state index in [1.165, 1.54) is 22.0 Å². The first-order valence-electron chi connectivity index (χ1n) is 8.58. The van der Waals surface area contributed by atoms with E-state index in [4.69, 9.17) is 0 Å². The smallest absolute Gasteiger partial charge is 0.0451 e. The predicted octanol–water partition coefficient (Wildman–Crippen LogP) is 4.80. The molecular weight excluding hydrogens is 292 g/mol. The third kappa shape index (κ3) is 3.77. The molecule has 124 valence electrons. The maximum Gasteiger partial charge on any atom is 0.0451 e. The Bertz CT molecular complexity index is 775. The van der Waals surface area contributed by atoms with Gasteiger partial charge in [-0.1, -0.05) is 66.7 Å². The van der Waals surface area contributed by atoms with Crippen LogP contribution < -0.4 is 4.90 Å². The molecule has 0 N–H and O–H groups in total. The molecule has 2 heteroatoms. The van der Waals surface area contributed by atoms with Gasteiger partial charge in [-0.3, -0.25) is 0 Å². The minimum Gasteiger partial charge on any atom is -0.363 e. The first-order valence-corrected chi connectivity index (χ1v) is 8.58. The fourth-order valence-corrected chi connectivity index (χ4v) is 3.34. The summed E-state index contributed by atoms with van der Waals surface area (Å²) in [5.41, 5.74) is 2.65. The SMILES string of the molecule is CC(CN(C)C)N(Cc1ccccc1)c1cccc2ccccc12. The monoisotopic (exact) mass is 318 g/mol. The molecule has 0 radical (unpaired) electrons. The van der Waals surface area contributed by atoms with E-state index in [2.05, 4.69) is 104 Å². The van der Waals surface area contributed by atoms with Crippen LogP contribution in [0.25, 0.3) is 10.8 Å². The molecule has 3 rings (SSSR count). The van der Waals surface area contributed by atoms with Crippen LogP contribution in [0.15, 0.2) is 72.8 Å². The number of fused-ring (bicyclic) bond motifs is 1. The Morgan fingerprint density at radius 1 is 0.792 bits per heavy atom. The lowest BCUT2D eigenvalue weighted by atomic mass is 10.1. The van der Waals surface area contributed by atoms with E-state index in [-0.39, 0.29) is 0 Å². The second-order valence-electron chi connectivity index (χ2n) is 6.72. The van der Waals surface area contributed by atoms with E-state index in [0.29, 0.717) is 6.04 Å². The van der Waals surface area contributed by atoms with Gasteiger partial charge >= 0.3 is 0 Å². The highest BCUT2D eigenvalue weighted by Gasteiger charge is 2.17. The van der Waals surface area contributed by atoms with Crippen LogP contribution in [0, 0.1) is 0 Å². The fourth-order valence-electron chi connectivity index (χ4n) is 3.34. The lowest BCUT2D eigenvalue weighted by molar-refractivity contribution is 0.371. The summed E-state index contributed by atoms with van der Waals surface area (Å²) in [7, 11) is 4.28. The van der Waals surface area contributed by atoms with E-state index in [9.17, 15) is 0 Å². The van der Waals surface area contributed by atoms with Crippen LogP contribution in [-0.4, -0.2) is 31.6 Å². The van der Waals surface area contributed by atoms with Gasteiger partial charge in [-0.05, 0) is 38.0 Å². The molecule has 3 aromatic rings. The predicted molar refractivity (Wildman–Crippen MR) is 105 cm³/mol. The highest BCUT2D eigenvalue weighted by molar-refractivity contribution is 5.94. The molecule has 0 heterocycles. The fraction of sp³-hybridized carbons (Fsp3) is 0.273. The molecule has 24 heavy (non-hydrogen) atoms. The first kappa shape index (κ1) is 16.5. The van der Waals surface area contributed by atoms with Gasteiger partial charge in [-0.25, -0.2) is 0 Å². The quantitative estimate of drug-likeness (QED) is 0.644. The van der Waals surface area contributed by atoms with Crippen molar-refractivity contribution in [2.24, 2.45) is 0 Å². The van der Waals surface area contributed by atoms with Crippen molar-refractivity contribution in [3.05, 3.63) is 78.4 Å². The highest BCUT2D eigenvalue weighted by Crippen LogP contribution is 2.29. The van der Waals surface area contributed by atoms with Crippen LogP contribution in [-0.2, 0) is 6.54 Å². The van der Waals surface area contributed by atoms with Crippen LogP contribution in [0.2, 0.25) is 0 Å². The standard InChI is InChI=1S/C22H26N2/c1-18(16-23(2)3)24(17-19-10-5-4-6-11-19)22-15-9-13-20-12-7-8-14-21(20)22/h4-15,18H,16-17H2,1-3H3. The largest absolute Gasteiger partial charge is 0.363 e. The van der Waals surface area contributed by atoms with Crippen LogP contribution >= 0.6 is 0 Å². The van der Waals surface area contributed by atoms with Gasteiger partial charge < -0.3 is 9.80 Å². The molecule has 3 aromatic carbocycles. The van der Waals surface area contributed by atoms with Crippen molar-refractivity contribution in [1.82, 2.24) is 4.90 Å². The first-order chi connectivity index (χ1) is 11.6. The molecular formula is C22H26N2. The van der Waals surface area contributed by atoms with Gasteiger partial charge in [-0.2, -0.15) is 0 Å². The Morgan fingerprint density at radius 3 is 2.21 bits per heavy atom. The summed E-state index contributed by atoms with van der Waals surface area (Å²) in [5, 5.41) is 2.62. The summed E-state index contributed by atoms with van der Waals surface area (Å²) in [6.07, 6.45) is 0. The molecule has 0 aromatic heterocycles. The summed E-state index contributed by atoms with van der Waals surface area (Å²) in [6, 6.07) is 26.4. The Labute approximate surface area is 145 Å². The molecule has 0 spiro atoms. The van der Waals surface area contributed by atoms with Crippen LogP contribution in [0.5, 0.6) is 0 Å². The van der Waals surface area contributed by atoms with Crippen molar-refractivity contribution in [2.45, 2.75) is 19.5 Å². The summed E-state index contributed by atoms with van der Waals surface area (Å²) >= 11 is 0. The second-order valence-corrected chi connectivity index (χ2v) is 6.72. The van der Waals surface area contributed by atoms with Gasteiger partial charge in [0.05, 0.1) is 0 Å². The zero-order valence-electron chi connectivity index (χ0n) is 14.8. The normalized spacial score (nSPS) is 12.5. The van der Waals surface area contributed by atoms with Crippen LogP contribution in [0.1, 0.15) is 12.5 Å². The van der Waals surface area contributed by atoms with Crippen LogP contribution in [0.4, 0.5) is 5.69 Å². The van der Waals surface area contributed by atoms with Crippen LogP contribution in [0.3, 0.4) is 0 Å². The topological polar surface area (TPSA) is 6.48 Å². The van der Waals surface area contributed by atoms with Gasteiger partial charge in [0.15, 0.2) is 0 Å². The number of nitrogens with zero attached hydrogens (tertiary/aromatic N) is 2. The van der Waals surface area contributed by atoms with Gasteiger partial charge in [0.25, 0.3) is 0 Å². The molecule has 0 bridgehead atoms. The van der Waals surface area contributed by atoms with Gasteiger partial charge in [0.2, 0.25) is 0 Å². The number of rotatable bonds is 6. The molecule has 0 aliphatic rings. The van der Waals surface area contributed by atoms with Crippen molar-refractivity contribution in [2.75, 3.05) is 25.5 Å². The average Bonchev–Trinajstić information content (AvgIpc) is 2.59. The minimum atomic E-state index is 0.422. The Balaban J connectivity index is 2.02. The van der Waals surface area contributed by atoms with Crippen molar-refractivity contribution in [3.63, 3.8) is 0 Å². The van der Waals surface area contributed by atoms with E-state index in [1.54, 1.807) is 0 Å². The molecule has 0 aliphatic carbocycles. The summed E-state index contributed by atoms with van der Waals surface area (Å²) < 4.78 is 0. The molecule has 0 fully saturated rings. The number of likely N-dealkylation sites (N-methyl/N-ethyl adjacent to an activating group) is 1. The van der Waals surface area contributed by atoms with Gasteiger partial charge in [0.1, 0.15) is 0 Å². The summed E-state index contributed by atoms with van der Waals surface area (Å²) in [4.78, 5) is 4.78. The molecule has 0 amide bonds. The minimum absolute atomic E-state index is 0.422. The second kappa shape index (κ2) is 7.50. The maximum atomic E-state index is 2.53. The number of hydrogen-bond donors (Lipinski definition) is 0. The lowest BCUT2D eigenvalue weighted by Gasteiger charge is -2.34. The zero-order chi connectivity index (χ0) is 16.9. The Morgan fingerprint density at radius 2 is 1.46 bits per heavy atom. The summed E-state index contributed by atoms with van der Waals surface area (Å²) in [6.45, 7) is 4.25. The van der Waals surface area contributed by atoms with E-state index < -0.39 is 0 Å². The van der Waals surface area contributed by atoms with Crippen molar-refractivity contribution in [1.29, 1.82) is 0 Å². The van der Waals surface area contributed by atoms with Gasteiger partial charge in [-0.15, -0.1) is 0 Å².